The molecule has 0 spiro atoms. The third-order valence-electron chi connectivity index (χ3n) is 5.01. The predicted octanol–water partition coefficient (Wildman–Crippen LogP) is 4.13. The second-order valence-electron chi connectivity index (χ2n) is 7.02. The maximum absolute atomic E-state index is 13.1. The van der Waals surface area contributed by atoms with Crippen molar-refractivity contribution in [1.29, 1.82) is 0 Å². The number of hydrogen-bond donors (Lipinski definition) is 1. The first kappa shape index (κ1) is 18.9. The lowest BCUT2D eigenvalue weighted by Gasteiger charge is -2.24. The molecular formula is C20H27N3O2S. The van der Waals surface area contributed by atoms with Gasteiger partial charge in [-0.2, -0.15) is 4.31 Å². The van der Waals surface area contributed by atoms with Crippen LogP contribution >= 0.6 is 0 Å². The quantitative estimate of drug-likeness (QED) is 0.827. The topological polar surface area (TPSA) is 62.3 Å². The summed E-state index contributed by atoms with van der Waals surface area (Å²) in [5.74, 6) is 0.828. The Morgan fingerprint density at radius 1 is 1.23 bits per heavy atom. The van der Waals surface area contributed by atoms with Crippen molar-refractivity contribution < 1.29 is 8.42 Å². The van der Waals surface area contributed by atoms with E-state index in [1.165, 1.54) is 0 Å². The number of aryl methyl sites for hydroxylation is 1. The van der Waals surface area contributed by atoms with Crippen LogP contribution in [-0.2, 0) is 10.0 Å². The largest absolute Gasteiger partial charge is 0.368 e. The third kappa shape index (κ3) is 3.91. The van der Waals surface area contributed by atoms with E-state index >= 15 is 0 Å². The molecule has 2 aromatic rings. The molecule has 1 saturated heterocycles. The van der Waals surface area contributed by atoms with Crippen molar-refractivity contribution in [3.63, 3.8) is 0 Å². The van der Waals surface area contributed by atoms with Crippen molar-refractivity contribution in [1.82, 2.24) is 9.29 Å². The molecular weight excluding hydrogens is 346 g/mol. The summed E-state index contributed by atoms with van der Waals surface area (Å²) in [5.41, 5.74) is 2.00. The van der Waals surface area contributed by atoms with Crippen molar-refractivity contribution >= 4 is 15.8 Å². The summed E-state index contributed by atoms with van der Waals surface area (Å²) in [6, 6.07) is 11.2. The monoisotopic (exact) mass is 373 g/mol. The predicted molar refractivity (Wildman–Crippen MR) is 105 cm³/mol. The van der Waals surface area contributed by atoms with Crippen molar-refractivity contribution in [2.75, 3.05) is 11.9 Å². The number of nitrogens with one attached hydrogen (secondary N) is 1. The first-order valence-corrected chi connectivity index (χ1v) is 10.7. The molecule has 2 atom stereocenters. The summed E-state index contributed by atoms with van der Waals surface area (Å²) in [6.07, 6.45) is 4.51. The summed E-state index contributed by atoms with van der Waals surface area (Å²) >= 11 is 0. The summed E-state index contributed by atoms with van der Waals surface area (Å²) in [5, 5.41) is 3.34. The number of sulfonamides is 1. The smallest absolute Gasteiger partial charge is 0.243 e. The molecule has 5 nitrogen and oxygen atoms in total. The van der Waals surface area contributed by atoms with Crippen molar-refractivity contribution in [3.8, 4) is 0 Å². The molecule has 1 aromatic carbocycles. The highest BCUT2D eigenvalue weighted by Crippen LogP contribution is 2.36. The van der Waals surface area contributed by atoms with Crippen molar-refractivity contribution in [3.05, 3.63) is 53.7 Å². The van der Waals surface area contributed by atoms with Gasteiger partial charge in [-0.1, -0.05) is 30.7 Å². The number of hydrogen-bond acceptors (Lipinski definition) is 4. The Kier molecular flexibility index (Phi) is 5.63. The van der Waals surface area contributed by atoms with Crippen LogP contribution in [0.2, 0.25) is 0 Å². The summed E-state index contributed by atoms with van der Waals surface area (Å²) in [4.78, 5) is 4.84. The van der Waals surface area contributed by atoms with E-state index in [9.17, 15) is 8.42 Å². The van der Waals surface area contributed by atoms with E-state index in [0.717, 1.165) is 36.2 Å². The number of rotatable bonds is 6. The molecule has 26 heavy (non-hydrogen) atoms. The summed E-state index contributed by atoms with van der Waals surface area (Å²) in [7, 11) is -3.50. The zero-order chi connectivity index (χ0) is 18.7. The zero-order valence-corrected chi connectivity index (χ0v) is 16.5. The van der Waals surface area contributed by atoms with Gasteiger partial charge in [0.25, 0.3) is 0 Å². The van der Waals surface area contributed by atoms with Crippen molar-refractivity contribution in [2.24, 2.45) is 0 Å². The molecule has 140 valence electrons. The van der Waals surface area contributed by atoms with Crippen LogP contribution < -0.4 is 5.32 Å². The van der Waals surface area contributed by atoms with Crippen LogP contribution in [0.3, 0.4) is 0 Å². The van der Waals surface area contributed by atoms with Crippen molar-refractivity contribution in [2.45, 2.75) is 57.0 Å². The van der Waals surface area contributed by atoms with E-state index < -0.39 is 10.0 Å². The SMILES string of the molecule is CCC(C)Nc1ccc(C2CCCN2S(=O)(=O)c2ccc(C)cc2)cn1. The average Bonchev–Trinajstić information content (AvgIpc) is 3.13. The van der Waals surface area contributed by atoms with E-state index in [4.69, 9.17) is 0 Å². The van der Waals surface area contributed by atoms with Gasteiger partial charge in [0, 0.05) is 18.8 Å². The van der Waals surface area contributed by atoms with Gasteiger partial charge in [-0.15, -0.1) is 0 Å². The van der Waals surface area contributed by atoms with Crippen LogP contribution in [-0.4, -0.2) is 30.3 Å². The molecule has 2 unspecified atom stereocenters. The minimum Gasteiger partial charge on any atom is -0.368 e. The molecule has 0 aliphatic carbocycles. The van der Waals surface area contributed by atoms with Gasteiger partial charge in [0.15, 0.2) is 0 Å². The van der Waals surface area contributed by atoms with Crippen LogP contribution in [0.4, 0.5) is 5.82 Å². The molecule has 1 N–H and O–H groups in total. The molecule has 0 radical (unpaired) electrons. The third-order valence-corrected chi connectivity index (χ3v) is 6.93. The van der Waals surface area contributed by atoms with Gasteiger partial charge in [0.05, 0.1) is 10.9 Å². The Bertz CT molecular complexity index is 832. The van der Waals surface area contributed by atoms with Crippen LogP contribution in [0.5, 0.6) is 0 Å². The lowest BCUT2D eigenvalue weighted by Crippen LogP contribution is -2.30. The molecule has 2 heterocycles. The standard InChI is InChI=1S/C20H27N3O2S/c1-4-16(3)22-20-12-9-17(14-21-20)19-6-5-13-23(19)26(24,25)18-10-7-15(2)8-11-18/h7-12,14,16,19H,4-6,13H2,1-3H3,(H,21,22). The van der Waals surface area contributed by atoms with Gasteiger partial charge in [0.1, 0.15) is 5.82 Å². The highest BCUT2D eigenvalue weighted by atomic mass is 32.2. The van der Waals surface area contributed by atoms with E-state index in [-0.39, 0.29) is 6.04 Å². The zero-order valence-electron chi connectivity index (χ0n) is 15.6. The first-order chi connectivity index (χ1) is 12.4. The van der Waals surface area contributed by atoms with E-state index in [2.05, 4.69) is 24.1 Å². The number of benzene rings is 1. The minimum absolute atomic E-state index is 0.147. The molecule has 1 aliphatic rings. The fourth-order valence-electron chi connectivity index (χ4n) is 3.25. The van der Waals surface area contributed by atoms with E-state index in [1.54, 1.807) is 22.6 Å². The van der Waals surface area contributed by atoms with Gasteiger partial charge < -0.3 is 5.32 Å². The Morgan fingerprint density at radius 3 is 2.58 bits per heavy atom. The lowest BCUT2D eigenvalue weighted by molar-refractivity contribution is 0.396. The molecule has 0 amide bonds. The van der Waals surface area contributed by atoms with Gasteiger partial charge >= 0.3 is 0 Å². The fraction of sp³-hybridized carbons (Fsp3) is 0.450. The molecule has 3 rings (SSSR count). The Morgan fingerprint density at radius 2 is 1.96 bits per heavy atom. The van der Waals surface area contributed by atoms with Crippen LogP contribution in [0, 0.1) is 6.92 Å². The number of anilines is 1. The summed E-state index contributed by atoms with van der Waals surface area (Å²) < 4.78 is 27.8. The number of nitrogens with zero attached hydrogens (tertiary/aromatic N) is 2. The second kappa shape index (κ2) is 7.76. The molecule has 0 bridgehead atoms. The van der Waals surface area contributed by atoms with Crippen LogP contribution in [0.1, 0.15) is 50.3 Å². The Balaban J connectivity index is 1.82. The van der Waals surface area contributed by atoms with E-state index in [0.29, 0.717) is 17.5 Å². The Labute approximate surface area is 156 Å². The molecule has 1 aromatic heterocycles. The van der Waals surface area contributed by atoms with Crippen LogP contribution in [0.15, 0.2) is 47.5 Å². The fourth-order valence-corrected chi connectivity index (χ4v) is 4.93. The average molecular weight is 374 g/mol. The lowest BCUT2D eigenvalue weighted by atomic mass is 10.1. The summed E-state index contributed by atoms with van der Waals surface area (Å²) in [6.45, 7) is 6.74. The van der Waals surface area contributed by atoms with Gasteiger partial charge in [-0.25, -0.2) is 13.4 Å². The van der Waals surface area contributed by atoms with E-state index in [1.807, 2.05) is 31.2 Å². The number of aromatic nitrogens is 1. The molecule has 1 aliphatic heterocycles. The van der Waals surface area contributed by atoms with Gasteiger partial charge in [-0.05, 0) is 56.9 Å². The van der Waals surface area contributed by atoms with Gasteiger partial charge in [-0.3, -0.25) is 0 Å². The maximum atomic E-state index is 13.1. The Hall–Kier alpha value is -1.92. The minimum atomic E-state index is -3.50. The highest BCUT2D eigenvalue weighted by molar-refractivity contribution is 7.89. The number of pyridine rings is 1. The molecule has 1 fully saturated rings. The first-order valence-electron chi connectivity index (χ1n) is 9.23. The molecule has 0 saturated carbocycles. The van der Waals surface area contributed by atoms with Crippen LogP contribution in [0.25, 0.3) is 0 Å². The maximum Gasteiger partial charge on any atom is 0.243 e. The highest BCUT2D eigenvalue weighted by Gasteiger charge is 2.36. The van der Waals surface area contributed by atoms with Gasteiger partial charge in [0.2, 0.25) is 10.0 Å². The molecule has 6 heteroatoms. The second-order valence-corrected chi connectivity index (χ2v) is 8.91. The normalized spacial score (nSPS) is 19.4.